The molecule has 0 aromatic heterocycles. The summed E-state index contributed by atoms with van der Waals surface area (Å²) in [7, 11) is 0.671. The molecule has 0 aliphatic carbocycles. The molecule has 0 fully saturated rings. The predicted octanol–water partition coefficient (Wildman–Crippen LogP) is 0.975. The Morgan fingerprint density at radius 1 is 1.11 bits per heavy atom. The van der Waals surface area contributed by atoms with Crippen LogP contribution in [-0.4, -0.2) is 68.7 Å². The van der Waals surface area contributed by atoms with Gasteiger partial charge in [-0.05, 0) is 27.9 Å². The number of rotatable bonds is 9. The number of hydrogen-bond donors (Lipinski definition) is 1. The van der Waals surface area contributed by atoms with Gasteiger partial charge in [0, 0.05) is 31.7 Å². The topological polar surface area (TPSA) is 52.7 Å². The first kappa shape index (κ1) is 18.8. The van der Waals surface area contributed by atoms with Gasteiger partial charge in [0.2, 0.25) is 10.0 Å². The van der Waals surface area contributed by atoms with E-state index in [0.717, 1.165) is 6.54 Å². The lowest BCUT2D eigenvalue weighted by atomic mass is 10.3. The minimum absolute atomic E-state index is 0.00787. The fourth-order valence-corrected chi connectivity index (χ4v) is 3.80. The molecule has 19 heavy (non-hydrogen) atoms. The van der Waals surface area contributed by atoms with E-state index in [1.54, 1.807) is 11.2 Å². The van der Waals surface area contributed by atoms with E-state index in [2.05, 4.69) is 5.32 Å². The van der Waals surface area contributed by atoms with E-state index in [0.29, 0.717) is 19.1 Å². The van der Waals surface area contributed by atoms with Crippen LogP contribution in [0, 0.1) is 0 Å². The summed E-state index contributed by atoms with van der Waals surface area (Å²) in [6.45, 7) is 11.4. The third kappa shape index (κ3) is 6.21. The van der Waals surface area contributed by atoms with Gasteiger partial charge < -0.3 is 10.2 Å². The molecule has 0 aromatic rings. The number of nitrogens with one attached hydrogen (secondary N) is 1. The molecule has 0 rings (SSSR count). The minimum atomic E-state index is -3.25. The smallest absolute Gasteiger partial charge is 0.218 e. The summed E-state index contributed by atoms with van der Waals surface area (Å²) in [6, 6.07) is 0.290. The molecule has 6 heteroatoms. The standard InChI is InChI=1S/C13H31N3O2S/c1-8-16(12(4)10-15(6)7)19(17,18)13(5)9-14-11(2)3/h11-14H,8-10H2,1-7H3. The van der Waals surface area contributed by atoms with E-state index in [1.165, 1.54) is 0 Å². The van der Waals surface area contributed by atoms with Crippen LogP contribution in [0.1, 0.15) is 34.6 Å². The number of sulfonamides is 1. The van der Waals surface area contributed by atoms with Gasteiger partial charge in [-0.1, -0.05) is 20.8 Å². The molecular weight excluding hydrogens is 262 g/mol. The van der Waals surface area contributed by atoms with Crippen LogP contribution in [-0.2, 0) is 10.0 Å². The van der Waals surface area contributed by atoms with Crippen molar-refractivity contribution in [2.45, 2.75) is 52.0 Å². The van der Waals surface area contributed by atoms with Crippen molar-refractivity contribution in [1.82, 2.24) is 14.5 Å². The van der Waals surface area contributed by atoms with Crippen molar-refractivity contribution in [3.8, 4) is 0 Å². The second-order valence-electron chi connectivity index (χ2n) is 5.73. The van der Waals surface area contributed by atoms with Crippen LogP contribution in [0.25, 0.3) is 0 Å². The van der Waals surface area contributed by atoms with Gasteiger partial charge in [0.1, 0.15) is 0 Å². The summed E-state index contributed by atoms with van der Waals surface area (Å²) in [5.41, 5.74) is 0. The van der Waals surface area contributed by atoms with Crippen molar-refractivity contribution in [2.75, 3.05) is 33.7 Å². The first-order valence-electron chi connectivity index (χ1n) is 7.01. The van der Waals surface area contributed by atoms with Gasteiger partial charge in [0.05, 0.1) is 5.25 Å². The van der Waals surface area contributed by atoms with E-state index >= 15 is 0 Å². The Kier molecular flexibility index (Phi) is 8.12. The van der Waals surface area contributed by atoms with Crippen molar-refractivity contribution >= 4 is 10.0 Å². The fourth-order valence-electron chi connectivity index (χ4n) is 2.10. The lowest BCUT2D eigenvalue weighted by Gasteiger charge is -2.31. The third-order valence-electron chi connectivity index (χ3n) is 3.08. The predicted molar refractivity (Wildman–Crippen MR) is 81.9 cm³/mol. The Balaban J connectivity index is 4.82. The van der Waals surface area contributed by atoms with Gasteiger partial charge in [-0.25, -0.2) is 8.42 Å². The van der Waals surface area contributed by atoms with Crippen molar-refractivity contribution in [2.24, 2.45) is 0 Å². The maximum atomic E-state index is 12.6. The second kappa shape index (κ2) is 8.19. The maximum absolute atomic E-state index is 12.6. The maximum Gasteiger partial charge on any atom is 0.218 e. The van der Waals surface area contributed by atoms with Crippen LogP contribution in [0.5, 0.6) is 0 Å². The fraction of sp³-hybridized carbons (Fsp3) is 1.00. The number of nitrogens with zero attached hydrogens (tertiary/aromatic N) is 2. The van der Waals surface area contributed by atoms with Gasteiger partial charge in [-0.15, -0.1) is 0 Å². The highest BCUT2D eigenvalue weighted by molar-refractivity contribution is 7.89. The molecule has 0 aromatic carbocycles. The van der Waals surface area contributed by atoms with Crippen LogP contribution < -0.4 is 5.32 Å². The molecule has 0 saturated carbocycles. The Bertz CT molecular complexity index is 342. The molecule has 2 atom stereocenters. The van der Waals surface area contributed by atoms with Gasteiger partial charge >= 0.3 is 0 Å². The summed E-state index contributed by atoms with van der Waals surface area (Å²) in [6.07, 6.45) is 0. The highest BCUT2D eigenvalue weighted by Crippen LogP contribution is 2.13. The molecule has 1 N–H and O–H groups in total. The molecule has 2 unspecified atom stereocenters. The van der Waals surface area contributed by atoms with E-state index < -0.39 is 15.3 Å². The largest absolute Gasteiger partial charge is 0.313 e. The third-order valence-corrected chi connectivity index (χ3v) is 5.54. The molecule has 0 aliphatic heterocycles. The van der Waals surface area contributed by atoms with Gasteiger partial charge in [-0.3, -0.25) is 0 Å². The molecule has 116 valence electrons. The van der Waals surface area contributed by atoms with Gasteiger partial charge in [0.15, 0.2) is 0 Å². The van der Waals surface area contributed by atoms with Crippen LogP contribution in [0.3, 0.4) is 0 Å². The summed E-state index contributed by atoms with van der Waals surface area (Å²) < 4.78 is 26.7. The van der Waals surface area contributed by atoms with Gasteiger partial charge in [0.25, 0.3) is 0 Å². The van der Waals surface area contributed by atoms with E-state index in [4.69, 9.17) is 0 Å². The van der Waals surface area contributed by atoms with E-state index in [-0.39, 0.29) is 6.04 Å². The zero-order valence-electron chi connectivity index (χ0n) is 13.5. The van der Waals surface area contributed by atoms with Crippen molar-refractivity contribution in [3.05, 3.63) is 0 Å². The Hall–Kier alpha value is -0.170. The molecule has 0 heterocycles. The SMILES string of the molecule is CCN(C(C)CN(C)C)S(=O)(=O)C(C)CNC(C)C. The average molecular weight is 293 g/mol. The molecule has 0 radical (unpaired) electrons. The Morgan fingerprint density at radius 3 is 2.00 bits per heavy atom. The van der Waals surface area contributed by atoms with Crippen molar-refractivity contribution < 1.29 is 8.42 Å². The molecule has 0 bridgehead atoms. The lowest BCUT2D eigenvalue weighted by Crippen LogP contribution is -2.49. The number of likely N-dealkylation sites (N-methyl/N-ethyl adjacent to an activating group) is 2. The summed E-state index contributed by atoms with van der Waals surface area (Å²) in [5.74, 6) is 0. The molecule has 0 spiro atoms. The van der Waals surface area contributed by atoms with Crippen LogP contribution in [0.2, 0.25) is 0 Å². The molecule has 0 aliphatic rings. The molecule has 0 amide bonds. The highest BCUT2D eigenvalue weighted by Gasteiger charge is 2.31. The van der Waals surface area contributed by atoms with Crippen LogP contribution in [0.4, 0.5) is 0 Å². The summed E-state index contributed by atoms with van der Waals surface area (Å²) in [5, 5.41) is 2.79. The summed E-state index contributed by atoms with van der Waals surface area (Å²) in [4.78, 5) is 2.01. The normalized spacial score (nSPS) is 16.3. The average Bonchev–Trinajstić information content (AvgIpc) is 2.24. The quantitative estimate of drug-likeness (QED) is 0.688. The Labute approximate surface area is 119 Å². The molecule has 5 nitrogen and oxygen atoms in total. The molecule has 0 saturated heterocycles. The minimum Gasteiger partial charge on any atom is -0.313 e. The number of hydrogen-bond acceptors (Lipinski definition) is 4. The monoisotopic (exact) mass is 293 g/mol. The summed E-state index contributed by atoms with van der Waals surface area (Å²) >= 11 is 0. The van der Waals surface area contributed by atoms with Gasteiger partial charge in [-0.2, -0.15) is 4.31 Å². The highest BCUT2D eigenvalue weighted by atomic mass is 32.2. The Morgan fingerprint density at radius 2 is 1.63 bits per heavy atom. The van der Waals surface area contributed by atoms with E-state index in [1.807, 2.05) is 46.7 Å². The lowest BCUT2D eigenvalue weighted by molar-refractivity contribution is 0.269. The first-order chi connectivity index (χ1) is 8.62. The van der Waals surface area contributed by atoms with E-state index in [9.17, 15) is 8.42 Å². The van der Waals surface area contributed by atoms with Crippen molar-refractivity contribution in [3.63, 3.8) is 0 Å². The van der Waals surface area contributed by atoms with Crippen molar-refractivity contribution in [1.29, 1.82) is 0 Å². The second-order valence-corrected chi connectivity index (χ2v) is 8.04. The van der Waals surface area contributed by atoms with Crippen LogP contribution >= 0.6 is 0 Å². The zero-order chi connectivity index (χ0) is 15.2. The zero-order valence-corrected chi connectivity index (χ0v) is 14.3. The molecular formula is C13H31N3O2S. The first-order valence-corrected chi connectivity index (χ1v) is 8.52. The van der Waals surface area contributed by atoms with Crippen LogP contribution in [0.15, 0.2) is 0 Å².